The summed E-state index contributed by atoms with van der Waals surface area (Å²) in [6, 6.07) is 11.7. The molecular weight excluding hydrogens is 318 g/mol. The van der Waals surface area contributed by atoms with Gasteiger partial charge in [-0.05, 0) is 24.3 Å². The number of pyridine rings is 1. The number of aromatic nitrogens is 4. The Morgan fingerprint density at radius 2 is 1.95 bits per heavy atom. The molecule has 3 heterocycles. The van der Waals surface area contributed by atoms with Crippen LogP contribution >= 0.6 is 23.4 Å². The SMILES string of the molecule is Clc1cccc(-c2nnc3n2CN(c2ccncc2)CS3)c1. The molecule has 0 fully saturated rings. The van der Waals surface area contributed by atoms with E-state index >= 15 is 0 Å². The van der Waals surface area contributed by atoms with E-state index in [0.29, 0.717) is 11.7 Å². The van der Waals surface area contributed by atoms with Crippen LogP contribution in [0, 0.1) is 0 Å². The van der Waals surface area contributed by atoms with E-state index in [1.807, 2.05) is 36.4 Å². The number of hydrogen-bond donors (Lipinski definition) is 0. The predicted octanol–water partition coefficient (Wildman–Crippen LogP) is 3.52. The Labute approximate surface area is 137 Å². The van der Waals surface area contributed by atoms with Crippen molar-refractivity contribution >= 4 is 29.1 Å². The van der Waals surface area contributed by atoms with E-state index in [0.717, 1.165) is 28.1 Å². The molecule has 1 aromatic carbocycles. The minimum atomic E-state index is 0.698. The summed E-state index contributed by atoms with van der Waals surface area (Å²) in [6.45, 7) is 0.710. The number of anilines is 1. The molecule has 0 spiro atoms. The molecule has 1 aliphatic rings. The summed E-state index contributed by atoms with van der Waals surface area (Å²) in [5, 5.41) is 10.2. The lowest BCUT2D eigenvalue weighted by atomic mass is 10.2. The number of nitrogens with zero attached hydrogens (tertiary/aromatic N) is 5. The van der Waals surface area contributed by atoms with Gasteiger partial charge in [0.15, 0.2) is 11.0 Å². The normalized spacial score (nSPS) is 14.0. The van der Waals surface area contributed by atoms with E-state index in [1.54, 1.807) is 24.2 Å². The molecule has 110 valence electrons. The Kier molecular flexibility index (Phi) is 3.48. The second-order valence-electron chi connectivity index (χ2n) is 4.90. The van der Waals surface area contributed by atoms with Gasteiger partial charge in [0, 0.05) is 28.7 Å². The maximum Gasteiger partial charge on any atom is 0.194 e. The second kappa shape index (κ2) is 5.62. The van der Waals surface area contributed by atoms with Gasteiger partial charge < -0.3 is 4.90 Å². The van der Waals surface area contributed by atoms with Gasteiger partial charge in [-0.3, -0.25) is 9.55 Å². The van der Waals surface area contributed by atoms with Crippen LogP contribution in [0.2, 0.25) is 5.02 Å². The highest BCUT2D eigenvalue weighted by molar-refractivity contribution is 7.99. The quantitative estimate of drug-likeness (QED) is 0.720. The largest absolute Gasteiger partial charge is 0.343 e. The number of hydrogen-bond acceptors (Lipinski definition) is 5. The Morgan fingerprint density at radius 1 is 1.09 bits per heavy atom. The molecule has 0 unspecified atom stereocenters. The van der Waals surface area contributed by atoms with E-state index in [-0.39, 0.29) is 0 Å². The third kappa shape index (κ3) is 2.44. The van der Waals surface area contributed by atoms with Crippen molar-refractivity contribution in [2.75, 3.05) is 10.8 Å². The van der Waals surface area contributed by atoms with Crippen LogP contribution in [0.5, 0.6) is 0 Å². The monoisotopic (exact) mass is 329 g/mol. The zero-order valence-electron chi connectivity index (χ0n) is 11.6. The summed E-state index contributed by atoms with van der Waals surface area (Å²) in [5.74, 6) is 1.68. The van der Waals surface area contributed by atoms with Crippen molar-refractivity contribution in [2.45, 2.75) is 11.8 Å². The lowest BCUT2D eigenvalue weighted by Crippen LogP contribution is -2.30. The first-order valence-electron chi connectivity index (χ1n) is 6.78. The Hall–Kier alpha value is -2.05. The lowest BCUT2D eigenvalue weighted by Gasteiger charge is -2.29. The van der Waals surface area contributed by atoms with E-state index in [2.05, 4.69) is 24.6 Å². The zero-order valence-corrected chi connectivity index (χ0v) is 13.1. The molecule has 2 aromatic heterocycles. The highest BCUT2D eigenvalue weighted by Crippen LogP contribution is 2.31. The molecular formula is C15H12ClN5S. The van der Waals surface area contributed by atoms with E-state index in [4.69, 9.17) is 11.6 Å². The van der Waals surface area contributed by atoms with Gasteiger partial charge >= 0.3 is 0 Å². The van der Waals surface area contributed by atoms with Gasteiger partial charge in [0.25, 0.3) is 0 Å². The molecule has 0 N–H and O–H groups in total. The summed E-state index contributed by atoms with van der Waals surface area (Å²) in [7, 11) is 0. The summed E-state index contributed by atoms with van der Waals surface area (Å²) >= 11 is 7.76. The van der Waals surface area contributed by atoms with Gasteiger partial charge in [0.1, 0.15) is 0 Å². The fraction of sp³-hybridized carbons (Fsp3) is 0.133. The number of benzene rings is 1. The van der Waals surface area contributed by atoms with Crippen LogP contribution in [0.3, 0.4) is 0 Å². The second-order valence-corrected chi connectivity index (χ2v) is 6.25. The lowest BCUT2D eigenvalue weighted by molar-refractivity contribution is 0.608. The topological polar surface area (TPSA) is 46.8 Å². The van der Waals surface area contributed by atoms with Crippen LogP contribution in [-0.2, 0) is 6.67 Å². The van der Waals surface area contributed by atoms with E-state index in [1.165, 1.54) is 0 Å². The Bertz CT molecular complexity index is 805. The Balaban J connectivity index is 1.71. The van der Waals surface area contributed by atoms with Crippen molar-refractivity contribution < 1.29 is 0 Å². The average molecular weight is 330 g/mol. The fourth-order valence-electron chi connectivity index (χ4n) is 2.42. The third-order valence-corrected chi connectivity index (χ3v) is 4.73. The minimum Gasteiger partial charge on any atom is -0.343 e. The summed E-state index contributed by atoms with van der Waals surface area (Å²) in [6.07, 6.45) is 3.61. The van der Waals surface area contributed by atoms with E-state index in [9.17, 15) is 0 Å². The molecule has 7 heteroatoms. The van der Waals surface area contributed by atoms with Crippen molar-refractivity contribution in [1.82, 2.24) is 19.7 Å². The first-order chi connectivity index (χ1) is 10.8. The van der Waals surface area contributed by atoms with Crippen LogP contribution in [0.1, 0.15) is 0 Å². The molecule has 1 aliphatic heterocycles. The van der Waals surface area contributed by atoms with Crippen molar-refractivity contribution in [3.8, 4) is 11.4 Å². The van der Waals surface area contributed by atoms with Gasteiger partial charge in [0.2, 0.25) is 0 Å². The molecule has 0 saturated heterocycles. The smallest absolute Gasteiger partial charge is 0.194 e. The van der Waals surface area contributed by atoms with Crippen LogP contribution in [0.4, 0.5) is 5.69 Å². The van der Waals surface area contributed by atoms with Crippen molar-refractivity contribution in [2.24, 2.45) is 0 Å². The number of fused-ring (bicyclic) bond motifs is 1. The molecule has 22 heavy (non-hydrogen) atoms. The first kappa shape index (κ1) is 13.6. The standard InChI is InChI=1S/C15H12ClN5S/c16-12-3-1-2-11(8-12)14-18-19-15-21(14)9-20(10-22-15)13-4-6-17-7-5-13/h1-8H,9-10H2. The fourth-order valence-corrected chi connectivity index (χ4v) is 3.51. The molecule has 0 bridgehead atoms. The maximum atomic E-state index is 6.09. The van der Waals surface area contributed by atoms with Crippen LogP contribution in [-0.4, -0.2) is 25.6 Å². The summed E-state index contributed by atoms with van der Waals surface area (Å²) < 4.78 is 2.11. The van der Waals surface area contributed by atoms with Gasteiger partial charge in [-0.15, -0.1) is 10.2 Å². The van der Waals surface area contributed by atoms with Crippen LogP contribution in [0.15, 0.2) is 53.9 Å². The number of halogens is 1. The molecule has 0 radical (unpaired) electrons. The molecule has 0 aliphatic carbocycles. The zero-order chi connectivity index (χ0) is 14.9. The maximum absolute atomic E-state index is 6.09. The molecule has 0 saturated carbocycles. The molecule has 0 amide bonds. The molecule has 0 atom stereocenters. The molecule has 4 rings (SSSR count). The van der Waals surface area contributed by atoms with Crippen molar-refractivity contribution in [3.05, 3.63) is 53.8 Å². The minimum absolute atomic E-state index is 0.698. The molecule has 3 aromatic rings. The van der Waals surface area contributed by atoms with E-state index < -0.39 is 0 Å². The highest BCUT2D eigenvalue weighted by Gasteiger charge is 2.22. The van der Waals surface area contributed by atoms with Gasteiger partial charge in [0.05, 0.1) is 12.5 Å². The first-order valence-corrected chi connectivity index (χ1v) is 8.14. The van der Waals surface area contributed by atoms with Crippen molar-refractivity contribution in [3.63, 3.8) is 0 Å². The Morgan fingerprint density at radius 3 is 2.77 bits per heavy atom. The van der Waals surface area contributed by atoms with Crippen molar-refractivity contribution in [1.29, 1.82) is 0 Å². The molecule has 5 nitrogen and oxygen atoms in total. The third-order valence-electron chi connectivity index (χ3n) is 3.49. The summed E-state index contributed by atoms with van der Waals surface area (Å²) in [5.41, 5.74) is 2.11. The van der Waals surface area contributed by atoms with Gasteiger partial charge in [-0.1, -0.05) is 35.5 Å². The number of rotatable bonds is 2. The highest BCUT2D eigenvalue weighted by atomic mass is 35.5. The van der Waals surface area contributed by atoms with Gasteiger partial charge in [-0.25, -0.2) is 0 Å². The predicted molar refractivity (Wildman–Crippen MR) is 87.9 cm³/mol. The number of thioether (sulfide) groups is 1. The van der Waals surface area contributed by atoms with Crippen LogP contribution < -0.4 is 4.90 Å². The van der Waals surface area contributed by atoms with Crippen LogP contribution in [0.25, 0.3) is 11.4 Å². The van der Waals surface area contributed by atoms with Gasteiger partial charge in [-0.2, -0.15) is 0 Å². The summed E-state index contributed by atoms with van der Waals surface area (Å²) in [4.78, 5) is 6.33. The average Bonchev–Trinajstić information content (AvgIpc) is 2.99.